The van der Waals surface area contributed by atoms with Gasteiger partial charge in [-0.1, -0.05) is 11.6 Å². The molecular formula is C5H7ClN3O2S. The van der Waals surface area contributed by atoms with Crippen LogP contribution in [-0.4, -0.2) is 18.2 Å². The van der Waals surface area contributed by atoms with Gasteiger partial charge in [0, 0.05) is 7.05 Å². The molecule has 0 unspecified atom stereocenters. The second-order valence-corrected chi connectivity index (χ2v) is 4.11. The average molecular weight is 209 g/mol. The zero-order valence-electron chi connectivity index (χ0n) is 6.50. The topological polar surface area (TPSA) is 75.8 Å². The Morgan fingerprint density at radius 3 is 2.25 bits per heavy atom. The van der Waals surface area contributed by atoms with Gasteiger partial charge in [-0.25, -0.2) is 8.42 Å². The first-order chi connectivity index (χ1) is 5.34. The van der Waals surface area contributed by atoms with Crippen LogP contribution >= 0.6 is 11.6 Å². The molecule has 1 rings (SSSR count). The van der Waals surface area contributed by atoms with Crippen LogP contribution in [0.5, 0.6) is 0 Å². The van der Waals surface area contributed by atoms with Gasteiger partial charge in [-0.05, 0) is 6.92 Å². The molecule has 0 aliphatic rings. The monoisotopic (exact) mass is 208 g/mol. The first-order valence-corrected chi connectivity index (χ1v) is 4.89. The van der Waals surface area contributed by atoms with Crippen molar-refractivity contribution in [2.75, 3.05) is 0 Å². The summed E-state index contributed by atoms with van der Waals surface area (Å²) in [5, 5.41) is 10.5. The maximum atomic E-state index is 10.8. The summed E-state index contributed by atoms with van der Waals surface area (Å²) in [5.74, 6) is 0. The van der Waals surface area contributed by atoms with Gasteiger partial charge in [-0.15, -0.1) is 5.14 Å². The number of rotatable bonds is 1. The molecule has 5 nitrogen and oxygen atoms in total. The minimum absolute atomic E-state index is 0.0255. The SMILES string of the molecule is Cc1nn(C)c(Cl)c1S([NH])(=O)=O. The fourth-order valence-corrected chi connectivity index (χ4v) is 2.18. The molecule has 0 fully saturated rings. The Bertz CT molecular complexity index is 409. The standard InChI is InChI=1S/C5H7ClN3O2S/c1-3-4(12(7,10)11)5(6)9(2)8-3/h7H,1-2H3. The van der Waals surface area contributed by atoms with Crippen molar-refractivity contribution in [1.82, 2.24) is 14.9 Å². The van der Waals surface area contributed by atoms with Crippen LogP contribution in [0.3, 0.4) is 0 Å². The number of halogens is 1. The summed E-state index contributed by atoms with van der Waals surface area (Å²) in [6, 6.07) is 0. The summed E-state index contributed by atoms with van der Waals surface area (Å²) in [4.78, 5) is -0.216. The van der Waals surface area contributed by atoms with Crippen molar-refractivity contribution in [3.8, 4) is 0 Å². The van der Waals surface area contributed by atoms with E-state index in [-0.39, 0.29) is 15.7 Å². The molecule has 0 saturated carbocycles. The van der Waals surface area contributed by atoms with Gasteiger partial charge in [-0.3, -0.25) is 4.68 Å². The van der Waals surface area contributed by atoms with Crippen LogP contribution in [0.1, 0.15) is 5.69 Å². The van der Waals surface area contributed by atoms with Gasteiger partial charge >= 0.3 is 0 Å². The molecule has 1 radical (unpaired) electrons. The number of hydrogen-bond donors (Lipinski definition) is 0. The minimum atomic E-state index is -4.01. The lowest BCUT2D eigenvalue weighted by Gasteiger charge is -1.93. The Hall–Kier alpha value is -0.590. The molecule has 0 spiro atoms. The molecule has 0 aliphatic carbocycles. The van der Waals surface area contributed by atoms with Gasteiger partial charge in [0.2, 0.25) is 0 Å². The third kappa shape index (κ3) is 1.45. The van der Waals surface area contributed by atoms with Crippen LogP contribution in [0.2, 0.25) is 5.15 Å². The highest BCUT2D eigenvalue weighted by atomic mass is 35.5. The first-order valence-electron chi connectivity index (χ1n) is 3.02. The van der Waals surface area contributed by atoms with Crippen molar-refractivity contribution < 1.29 is 8.42 Å². The molecular weight excluding hydrogens is 202 g/mol. The smallest absolute Gasteiger partial charge is 0.255 e. The molecule has 0 aliphatic heterocycles. The summed E-state index contributed by atoms with van der Waals surface area (Å²) < 4.78 is 22.9. The molecule has 1 heterocycles. The Morgan fingerprint density at radius 2 is 2.08 bits per heavy atom. The molecule has 0 atom stereocenters. The number of nitrogens with one attached hydrogen (secondary N) is 1. The summed E-state index contributed by atoms with van der Waals surface area (Å²) in [6.45, 7) is 1.49. The van der Waals surface area contributed by atoms with Gasteiger partial charge in [0.1, 0.15) is 10.0 Å². The molecule has 0 amide bonds. The fourth-order valence-electron chi connectivity index (χ4n) is 0.916. The maximum absolute atomic E-state index is 10.8. The summed E-state index contributed by atoms with van der Waals surface area (Å²) in [6.07, 6.45) is 0. The van der Waals surface area contributed by atoms with Crippen LogP contribution < -0.4 is 5.14 Å². The molecule has 0 bridgehead atoms. The Kier molecular flexibility index (Phi) is 2.15. The number of sulfonamides is 1. The first kappa shape index (κ1) is 9.50. The third-order valence-corrected chi connectivity index (χ3v) is 2.94. The van der Waals surface area contributed by atoms with Crippen LogP contribution in [0.15, 0.2) is 4.90 Å². The number of aromatic nitrogens is 2. The number of hydrogen-bond acceptors (Lipinski definition) is 3. The van der Waals surface area contributed by atoms with Crippen LogP contribution in [0, 0.1) is 6.92 Å². The molecule has 7 heteroatoms. The number of aryl methyl sites for hydroxylation is 2. The van der Waals surface area contributed by atoms with E-state index in [4.69, 9.17) is 16.7 Å². The second kappa shape index (κ2) is 2.72. The second-order valence-electron chi connectivity index (χ2n) is 2.33. The van der Waals surface area contributed by atoms with Crippen molar-refractivity contribution >= 4 is 21.6 Å². The highest BCUT2D eigenvalue weighted by Gasteiger charge is 2.21. The fraction of sp³-hybridized carbons (Fsp3) is 0.400. The zero-order valence-corrected chi connectivity index (χ0v) is 8.07. The largest absolute Gasteiger partial charge is 0.259 e. The van der Waals surface area contributed by atoms with Gasteiger partial charge in [-0.2, -0.15) is 5.10 Å². The Morgan fingerprint density at radius 1 is 1.58 bits per heavy atom. The van der Waals surface area contributed by atoms with Gasteiger partial charge < -0.3 is 0 Å². The van der Waals surface area contributed by atoms with E-state index >= 15 is 0 Å². The van der Waals surface area contributed by atoms with Crippen molar-refractivity contribution in [1.29, 1.82) is 0 Å². The van der Waals surface area contributed by atoms with E-state index < -0.39 is 10.0 Å². The van der Waals surface area contributed by atoms with E-state index in [1.54, 1.807) is 0 Å². The average Bonchev–Trinajstić information content (AvgIpc) is 2.05. The lowest BCUT2D eigenvalue weighted by Crippen LogP contribution is -2.02. The van der Waals surface area contributed by atoms with Crippen molar-refractivity contribution in [3.05, 3.63) is 10.8 Å². The summed E-state index contributed by atoms with van der Waals surface area (Å²) in [5.41, 5.74) is 0.248. The van der Waals surface area contributed by atoms with Crippen molar-refractivity contribution in [2.45, 2.75) is 11.8 Å². The summed E-state index contributed by atoms with van der Waals surface area (Å²) in [7, 11) is -2.49. The number of nitrogens with zero attached hydrogens (tertiary/aromatic N) is 2. The minimum Gasteiger partial charge on any atom is -0.255 e. The van der Waals surface area contributed by atoms with E-state index in [0.29, 0.717) is 0 Å². The highest BCUT2D eigenvalue weighted by Crippen LogP contribution is 2.22. The van der Waals surface area contributed by atoms with E-state index in [1.165, 1.54) is 18.7 Å². The molecule has 0 aromatic carbocycles. The molecule has 67 valence electrons. The maximum Gasteiger partial charge on any atom is 0.259 e. The molecule has 1 aromatic heterocycles. The van der Waals surface area contributed by atoms with Gasteiger partial charge in [0.25, 0.3) is 10.0 Å². The van der Waals surface area contributed by atoms with E-state index in [1.807, 2.05) is 0 Å². The normalized spacial score (nSPS) is 12.0. The summed E-state index contributed by atoms with van der Waals surface area (Å²) >= 11 is 5.60. The van der Waals surface area contributed by atoms with Crippen LogP contribution in [0.25, 0.3) is 0 Å². The Labute approximate surface area is 75.2 Å². The van der Waals surface area contributed by atoms with E-state index in [2.05, 4.69) is 5.10 Å². The predicted molar refractivity (Wildman–Crippen MR) is 43.2 cm³/mol. The molecule has 1 N–H and O–H groups in total. The molecule has 12 heavy (non-hydrogen) atoms. The lowest BCUT2D eigenvalue weighted by atomic mass is 10.5. The molecule has 0 saturated heterocycles. The van der Waals surface area contributed by atoms with Crippen molar-refractivity contribution in [2.24, 2.45) is 7.05 Å². The lowest BCUT2D eigenvalue weighted by molar-refractivity contribution is 0.595. The highest BCUT2D eigenvalue weighted by molar-refractivity contribution is 7.89. The quantitative estimate of drug-likeness (QED) is 0.669. The third-order valence-electron chi connectivity index (χ3n) is 1.37. The van der Waals surface area contributed by atoms with Crippen LogP contribution in [-0.2, 0) is 17.1 Å². The van der Waals surface area contributed by atoms with Gasteiger partial charge in [0.15, 0.2) is 0 Å². The van der Waals surface area contributed by atoms with Crippen LogP contribution in [0.4, 0.5) is 0 Å². The Balaban J connectivity index is 3.54. The zero-order chi connectivity index (χ0) is 9.52. The molecule has 1 aromatic rings. The van der Waals surface area contributed by atoms with Crippen molar-refractivity contribution in [3.63, 3.8) is 0 Å². The predicted octanol–water partition coefficient (Wildman–Crippen LogP) is 0.354. The van der Waals surface area contributed by atoms with E-state index in [9.17, 15) is 8.42 Å². The van der Waals surface area contributed by atoms with E-state index in [0.717, 1.165) is 0 Å². The van der Waals surface area contributed by atoms with Gasteiger partial charge in [0.05, 0.1) is 5.69 Å².